The minimum Gasteiger partial charge on any atom is -0.486 e. The number of nitrogens with zero attached hydrogens (tertiary/aromatic N) is 3. The molecule has 126 valence electrons. The van der Waals surface area contributed by atoms with Gasteiger partial charge in [-0.3, -0.25) is 4.79 Å². The van der Waals surface area contributed by atoms with Crippen molar-refractivity contribution < 1.29 is 14.3 Å². The molecule has 1 aromatic carbocycles. The summed E-state index contributed by atoms with van der Waals surface area (Å²) in [6, 6.07) is 10.9. The number of hydrogen-bond donors (Lipinski definition) is 1. The number of carbonyl (C=O) groups excluding carboxylic acids is 1. The lowest BCUT2D eigenvalue weighted by atomic mass is 10.1. The van der Waals surface area contributed by atoms with Gasteiger partial charge < -0.3 is 14.8 Å². The van der Waals surface area contributed by atoms with E-state index in [0.29, 0.717) is 36.2 Å². The number of amides is 1. The number of nitrogens with one attached hydrogen (secondary N) is 1. The summed E-state index contributed by atoms with van der Waals surface area (Å²) in [6.45, 7) is 1.07. The Hall–Kier alpha value is -3.35. The van der Waals surface area contributed by atoms with E-state index in [9.17, 15) is 4.79 Å². The van der Waals surface area contributed by atoms with Gasteiger partial charge in [0.2, 0.25) is 5.91 Å². The first-order chi connectivity index (χ1) is 12.3. The first-order valence-corrected chi connectivity index (χ1v) is 7.93. The van der Waals surface area contributed by atoms with Gasteiger partial charge in [0.1, 0.15) is 13.2 Å². The third kappa shape index (κ3) is 3.30. The second-order valence-corrected chi connectivity index (χ2v) is 5.53. The number of benzene rings is 1. The first-order valence-electron chi connectivity index (χ1n) is 7.93. The highest BCUT2D eigenvalue weighted by molar-refractivity contribution is 5.93. The minimum atomic E-state index is -0.141. The Labute approximate surface area is 144 Å². The van der Waals surface area contributed by atoms with E-state index < -0.39 is 0 Å². The lowest BCUT2D eigenvalue weighted by Crippen LogP contribution is -2.18. The highest BCUT2D eigenvalue weighted by Crippen LogP contribution is 2.31. The van der Waals surface area contributed by atoms with E-state index in [-0.39, 0.29) is 12.3 Å². The van der Waals surface area contributed by atoms with Gasteiger partial charge in [0.15, 0.2) is 17.3 Å². The zero-order valence-electron chi connectivity index (χ0n) is 13.4. The van der Waals surface area contributed by atoms with Crippen molar-refractivity contribution in [1.29, 1.82) is 0 Å². The van der Waals surface area contributed by atoms with Crippen molar-refractivity contribution in [2.75, 3.05) is 18.5 Å². The monoisotopic (exact) mass is 336 g/mol. The Bertz CT molecular complexity index is 893. The van der Waals surface area contributed by atoms with Crippen LogP contribution in [0.15, 0.2) is 55.0 Å². The van der Waals surface area contributed by atoms with E-state index in [1.807, 2.05) is 18.2 Å². The average Bonchev–Trinajstić information content (AvgIpc) is 3.16. The van der Waals surface area contributed by atoms with Crippen LogP contribution in [0.2, 0.25) is 0 Å². The van der Waals surface area contributed by atoms with Crippen LogP contribution < -0.4 is 14.8 Å². The SMILES string of the molecule is O=C(Cc1ccc2c(c1)OCCO2)Nc1cccnc1-n1cccn1. The maximum absolute atomic E-state index is 12.4. The van der Waals surface area contributed by atoms with Crippen molar-refractivity contribution in [2.45, 2.75) is 6.42 Å². The zero-order valence-corrected chi connectivity index (χ0v) is 13.4. The lowest BCUT2D eigenvalue weighted by Gasteiger charge is -2.18. The highest BCUT2D eigenvalue weighted by Gasteiger charge is 2.14. The van der Waals surface area contributed by atoms with Gasteiger partial charge in [0.25, 0.3) is 0 Å². The molecule has 0 aliphatic carbocycles. The number of anilines is 1. The molecule has 25 heavy (non-hydrogen) atoms. The molecule has 0 bridgehead atoms. The number of rotatable bonds is 4. The fourth-order valence-corrected chi connectivity index (χ4v) is 2.65. The Morgan fingerprint density at radius 2 is 2.00 bits per heavy atom. The summed E-state index contributed by atoms with van der Waals surface area (Å²) in [7, 11) is 0. The molecule has 0 saturated heterocycles. The van der Waals surface area contributed by atoms with Gasteiger partial charge in [-0.1, -0.05) is 6.07 Å². The molecule has 2 aromatic heterocycles. The summed E-state index contributed by atoms with van der Waals surface area (Å²) in [4.78, 5) is 16.7. The second-order valence-electron chi connectivity index (χ2n) is 5.53. The van der Waals surface area contributed by atoms with Crippen LogP contribution in [-0.4, -0.2) is 33.9 Å². The van der Waals surface area contributed by atoms with Crippen molar-refractivity contribution >= 4 is 11.6 Å². The van der Waals surface area contributed by atoms with Crippen LogP contribution >= 0.6 is 0 Å². The van der Waals surface area contributed by atoms with E-state index in [4.69, 9.17) is 9.47 Å². The predicted molar refractivity (Wildman–Crippen MR) is 91.1 cm³/mol. The Morgan fingerprint density at radius 3 is 2.84 bits per heavy atom. The summed E-state index contributed by atoms with van der Waals surface area (Å²) in [5, 5.41) is 7.05. The minimum absolute atomic E-state index is 0.141. The second kappa shape index (κ2) is 6.64. The number of ether oxygens (including phenoxy) is 2. The molecule has 3 aromatic rings. The van der Waals surface area contributed by atoms with Gasteiger partial charge in [0.05, 0.1) is 12.1 Å². The fourth-order valence-electron chi connectivity index (χ4n) is 2.65. The Kier molecular flexibility index (Phi) is 4.04. The molecule has 0 saturated carbocycles. The summed E-state index contributed by atoms with van der Waals surface area (Å²) in [6.07, 6.45) is 5.33. The zero-order chi connectivity index (χ0) is 17.1. The van der Waals surface area contributed by atoms with Crippen LogP contribution in [0, 0.1) is 0 Å². The molecule has 1 N–H and O–H groups in total. The summed E-state index contributed by atoms with van der Waals surface area (Å²) in [5.41, 5.74) is 1.46. The average molecular weight is 336 g/mol. The van der Waals surface area contributed by atoms with Crippen LogP contribution in [0.5, 0.6) is 11.5 Å². The Balaban J connectivity index is 1.50. The standard InChI is InChI=1S/C18H16N4O3/c23-17(12-13-4-5-15-16(11-13)25-10-9-24-15)21-14-3-1-6-19-18(14)22-8-2-7-20-22/h1-8,11H,9-10,12H2,(H,21,23). The normalized spacial score (nSPS) is 12.6. The van der Waals surface area contributed by atoms with Gasteiger partial charge in [0, 0.05) is 18.6 Å². The molecule has 0 atom stereocenters. The molecule has 1 amide bonds. The number of hydrogen-bond acceptors (Lipinski definition) is 5. The van der Waals surface area contributed by atoms with E-state index in [1.165, 1.54) is 0 Å². The van der Waals surface area contributed by atoms with Crippen LogP contribution in [0.4, 0.5) is 5.69 Å². The van der Waals surface area contributed by atoms with Crippen LogP contribution in [0.25, 0.3) is 5.82 Å². The maximum Gasteiger partial charge on any atom is 0.228 e. The molecule has 1 aliphatic rings. The van der Waals surface area contributed by atoms with Crippen molar-refractivity contribution in [3.05, 3.63) is 60.6 Å². The van der Waals surface area contributed by atoms with Crippen LogP contribution in [-0.2, 0) is 11.2 Å². The summed E-state index contributed by atoms with van der Waals surface area (Å²) in [5.74, 6) is 1.82. The molecule has 4 rings (SSSR count). The summed E-state index contributed by atoms with van der Waals surface area (Å²) < 4.78 is 12.7. The van der Waals surface area contributed by atoms with Gasteiger partial charge in [-0.25, -0.2) is 9.67 Å². The van der Waals surface area contributed by atoms with Crippen LogP contribution in [0.3, 0.4) is 0 Å². The Morgan fingerprint density at radius 1 is 1.12 bits per heavy atom. The topological polar surface area (TPSA) is 78.3 Å². The van der Waals surface area contributed by atoms with E-state index in [1.54, 1.807) is 41.5 Å². The van der Waals surface area contributed by atoms with Crippen molar-refractivity contribution in [3.8, 4) is 17.3 Å². The highest BCUT2D eigenvalue weighted by atomic mass is 16.6. The molecular weight excluding hydrogens is 320 g/mol. The molecule has 3 heterocycles. The predicted octanol–water partition coefficient (Wildman–Crippen LogP) is 2.22. The molecule has 0 spiro atoms. The van der Waals surface area contributed by atoms with Crippen LogP contribution in [0.1, 0.15) is 5.56 Å². The molecule has 0 unspecified atom stereocenters. The van der Waals surface area contributed by atoms with Gasteiger partial charge in [-0.05, 0) is 35.9 Å². The molecular formula is C18H16N4O3. The van der Waals surface area contributed by atoms with Gasteiger partial charge >= 0.3 is 0 Å². The number of fused-ring (bicyclic) bond motifs is 1. The molecule has 7 nitrogen and oxygen atoms in total. The van der Waals surface area contributed by atoms with Gasteiger partial charge in [-0.15, -0.1) is 0 Å². The number of aromatic nitrogens is 3. The van der Waals surface area contributed by atoms with E-state index in [0.717, 1.165) is 5.56 Å². The van der Waals surface area contributed by atoms with E-state index in [2.05, 4.69) is 15.4 Å². The lowest BCUT2D eigenvalue weighted by molar-refractivity contribution is -0.115. The summed E-state index contributed by atoms with van der Waals surface area (Å²) >= 11 is 0. The van der Waals surface area contributed by atoms with Gasteiger partial charge in [-0.2, -0.15) is 5.10 Å². The smallest absolute Gasteiger partial charge is 0.228 e. The number of pyridine rings is 1. The van der Waals surface area contributed by atoms with Crippen molar-refractivity contribution in [2.24, 2.45) is 0 Å². The quantitative estimate of drug-likeness (QED) is 0.790. The largest absolute Gasteiger partial charge is 0.486 e. The fraction of sp³-hybridized carbons (Fsp3) is 0.167. The first kappa shape index (κ1) is 15.2. The molecule has 7 heteroatoms. The molecule has 0 radical (unpaired) electrons. The third-order valence-electron chi connectivity index (χ3n) is 3.75. The maximum atomic E-state index is 12.4. The van der Waals surface area contributed by atoms with Crippen molar-refractivity contribution in [1.82, 2.24) is 14.8 Å². The van der Waals surface area contributed by atoms with E-state index >= 15 is 0 Å². The molecule has 0 fully saturated rings. The van der Waals surface area contributed by atoms with Crippen molar-refractivity contribution in [3.63, 3.8) is 0 Å². The number of carbonyl (C=O) groups is 1. The molecule has 1 aliphatic heterocycles. The third-order valence-corrected chi connectivity index (χ3v) is 3.75.